The summed E-state index contributed by atoms with van der Waals surface area (Å²) in [5.41, 5.74) is 3.74. The molecular formula is C26H26N2O5. The fourth-order valence-corrected chi connectivity index (χ4v) is 3.21. The van der Waals surface area contributed by atoms with Crippen molar-refractivity contribution in [3.05, 3.63) is 89.0 Å². The highest BCUT2D eigenvalue weighted by Gasteiger charge is 2.12. The zero-order chi connectivity index (χ0) is 23.8. The lowest BCUT2D eigenvalue weighted by Crippen LogP contribution is -2.29. The molecule has 0 saturated heterocycles. The number of hydrogen-bond acceptors (Lipinski definition) is 5. The summed E-state index contributed by atoms with van der Waals surface area (Å²) in [5, 5.41) is 5.65. The number of ether oxygens (including phenoxy) is 2. The fraction of sp³-hybridized carbons (Fsp3) is 0.192. The van der Waals surface area contributed by atoms with E-state index in [1.54, 1.807) is 30.3 Å². The van der Waals surface area contributed by atoms with Gasteiger partial charge in [0.2, 0.25) is 0 Å². The largest absolute Gasteiger partial charge is 0.484 e. The highest BCUT2D eigenvalue weighted by Crippen LogP contribution is 2.20. The fourth-order valence-electron chi connectivity index (χ4n) is 3.21. The van der Waals surface area contributed by atoms with Crippen LogP contribution in [0.5, 0.6) is 11.5 Å². The monoisotopic (exact) mass is 446 g/mol. The molecule has 7 nitrogen and oxygen atoms in total. The van der Waals surface area contributed by atoms with Gasteiger partial charge in [-0.25, -0.2) is 0 Å². The Morgan fingerprint density at radius 3 is 2.45 bits per heavy atom. The van der Waals surface area contributed by atoms with Gasteiger partial charge in [-0.05, 0) is 55.3 Å². The SMILES string of the molecule is CC(=O)Oc1cccc(C(=O)Nc2ccccc2CNC(=O)COc2ccc(C)cc2C)c1. The molecule has 0 radical (unpaired) electrons. The molecule has 0 bridgehead atoms. The third-order valence-corrected chi connectivity index (χ3v) is 4.79. The highest BCUT2D eigenvalue weighted by molar-refractivity contribution is 6.05. The van der Waals surface area contributed by atoms with Crippen LogP contribution < -0.4 is 20.1 Å². The maximum Gasteiger partial charge on any atom is 0.308 e. The van der Waals surface area contributed by atoms with Crippen LogP contribution in [0, 0.1) is 13.8 Å². The first-order valence-electron chi connectivity index (χ1n) is 10.5. The van der Waals surface area contributed by atoms with Gasteiger partial charge in [-0.1, -0.05) is 42.0 Å². The van der Waals surface area contributed by atoms with Crippen molar-refractivity contribution in [1.82, 2.24) is 5.32 Å². The topological polar surface area (TPSA) is 93.7 Å². The molecule has 0 aliphatic heterocycles. The first kappa shape index (κ1) is 23.5. The van der Waals surface area contributed by atoms with E-state index in [2.05, 4.69) is 10.6 Å². The van der Waals surface area contributed by atoms with Gasteiger partial charge in [0.25, 0.3) is 11.8 Å². The van der Waals surface area contributed by atoms with Crippen LogP contribution in [0.4, 0.5) is 5.69 Å². The second-order valence-electron chi connectivity index (χ2n) is 7.57. The molecule has 0 aromatic heterocycles. The number of rotatable bonds is 8. The van der Waals surface area contributed by atoms with Crippen molar-refractivity contribution in [2.75, 3.05) is 11.9 Å². The average molecular weight is 447 g/mol. The third-order valence-electron chi connectivity index (χ3n) is 4.79. The predicted octanol–water partition coefficient (Wildman–Crippen LogP) is 4.18. The summed E-state index contributed by atoms with van der Waals surface area (Å²) < 4.78 is 10.6. The van der Waals surface area contributed by atoms with Crippen molar-refractivity contribution in [3.63, 3.8) is 0 Å². The van der Waals surface area contributed by atoms with Gasteiger partial charge in [0.15, 0.2) is 6.61 Å². The molecule has 0 heterocycles. The second-order valence-corrected chi connectivity index (χ2v) is 7.57. The Morgan fingerprint density at radius 1 is 0.909 bits per heavy atom. The van der Waals surface area contributed by atoms with E-state index in [-0.39, 0.29) is 25.0 Å². The molecule has 0 aliphatic carbocycles. The van der Waals surface area contributed by atoms with E-state index in [9.17, 15) is 14.4 Å². The molecule has 33 heavy (non-hydrogen) atoms. The van der Waals surface area contributed by atoms with Gasteiger partial charge in [-0.15, -0.1) is 0 Å². The number of benzene rings is 3. The van der Waals surface area contributed by atoms with Crippen molar-refractivity contribution >= 4 is 23.5 Å². The van der Waals surface area contributed by atoms with Gasteiger partial charge in [0.05, 0.1) is 0 Å². The quantitative estimate of drug-likeness (QED) is 0.400. The molecule has 0 atom stereocenters. The van der Waals surface area contributed by atoms with E-state index in [4.69, 9.17) is 9.47 Å². The minimum atomic E-state index is -0.463. The maximum absolute atomic E-state index is 12.7. The minimum Gasteiger partial charge on any atom is -0.484 e. The molecule has 3 rings (SSSR count). The number of hydrogen-bond donors (Lipinski definition) is 2. The lowest BCUT2D eigenvalue weighted by Gasteiger charge is -2.13. The standard InChI is InChI=1S/C26H26N2O5/c1-17-11-12-24(18(2)13-17)32-16-25(30)27-15-21-7-4-5-10-23(21)28-26(31)20-8-6-9-22(14-20)33-19(3)29/h4-14H,15-16H2,1-3H3,(H,27,30)(H,28,31). The van der Waals surface area contributed by atoms with Crippen molar-refractivity contribution in [3.8, 4) is 11.5 Å². The Morgan fingerprint density at radius 2 is 1.70 bits per heavy atom. The summed E-state index contributed by atoms with van der Waals surface area (Å²) in [6.07, 6.45) is 0. The van der Waals surface area contributed by atoms with Gasteiger partial charge >= 0.3 is 5.97 Å². The number of esters is 1. The number of amides is 2. The first-order chi connectivity index (χ1) is 15.8. The Hall–Kier alpha value is -4.13. The van der Waals surface area contributed by atoms with Crippen LogP contribution in [0.3, 0.4) is 0 Å². The van der Waals surface area contributed by atoms with Crippen LogP contribution in [0.25, 0.3) is 0 Å². The highest BCUT2D eigenvalue weighted by atomic mass is 16.5. The molecule has 3 aromatic rings. The molecule has 170 valence electrons. The number of carbonyl (C=O) groups excluding carboxylic acids is 3. The number of anilines is 1. The van der Waals surface area contributed by atoms with E-state index < -0.39 is 5.97 Å². The Balaban J connectivity index is 1.59. The zero-order valence-electron chi connectivity index (χ0n) is 18.8. The molecule has 0 aliphatic rings. The summed E-state index contributed by atoms with van der Waals surface area (Å²) in [4.78, 5) is 36.1. The minimum absolute atomic E-state index is 0.110. The summed E-state index contributed by atoms with van der Waals surface area (Å²) in [6, 6.07) is 19.3. The Kier molecular flexibility index (Phi) is 7.81. The summed E-state index contributed by atoms with van der Waals surface area (Å²) >= 11 is 0. The van der Waals surface area contributed by atoms with E-state index in [0.29, 0.717) is 22.7 Å². The van der Waals surface area contributed by atoms with Gasteiger partial charge in [0.1, 0.15) is 11.5 Å². The summed E-state index contributed by atoms with van der Waals surface area (Å²) in [6.45, 7) is 5.34. The molecule has 7 heteroatoms. The first-order valence-corrected chi connectivity index (χ1v) is 10.5. The lowest BCUT2D eigenvalue weighted by atomic mass is 10.1. The van der Waals surface area contributed by atoms with Crippen molar-refractivity contribution in [2.24, 2.45) is 0 Å². The number of nitrogens with one attached hydrogen (secondary N) is 2. The average Bonchev–Trinajstić information content (AvgIpc) is 2.77. The van der Waals surface area contributed by atoms with E-state index >= 15 is 0 Å². The smallest absolute Gasteiger partial charge is 0.308 e. The van der Waals surface area contributed by atoms with Crippen LogP contribution in [-0.4, -0.2) is 24.4 Å². The number of aryl methyl sites for hydroxylation is 2. The van der Waals surface area contributed by atoms with E-state index in [0.717, 1.165) is 16.7 Å². The van der Waals surface area contributed by atoms with Crippen molar-refractivity contribution in [1.29, 1.82) is 0 Å². The molecule has 0 spiro atoms. The van der Waals surface area contributed by atoms with Crippen molar-refractivity contribution < 1.29 is 23.9 Å². The molecule has 0 saturated carbocycles. The molecule has 2 amide bonds. The summed E-state index contributed by atoms with van der Waals surface area (Å²) in [5.74, 6) is -0.139. The van der Waals surface area contributed by atoms with Crippen LogP contribution in [-0.2, 0) is 16.1 Å². The number of para-hydroxylation sites is 1. The normalized spacial score (nSPS) is 10.3. The van der Waals surface area contributed by atoms with Gasteiger partial charge in [-0.3, -0.25) is 14.4 Å². The summed E-state index contributed by atoms with van der Waals surface area (Å²) in [7, 11) is 0. The van der Waals surface area contributed by atoms with Gasteiger partial charge in [0, 0.05) is 24.7 Å². The van der Waals surface area contributed by atoms with E-state index in [1.165, 1.54) is 13.0 Å². The second kappa shape index (κ2) is 10.9. The third kappa shape index (κ3) is 6.93. The van der Waals surface area contributed by atoms with Crippen LogP contribution in [0.1, 0.15) is 34.0 Å². The van der Waals surface area contributed by atoms with Gasteiger partial charge in [-0.2, -0.15) is 0 Å². The molecule has 0 fully saturated rings. The van der Waals surface area contributed by atoms with Crippen LogP contribution in [0.2, 0.25) is 0 Å². The molecular weight excluding hydrogens is 420 g/mol. The zero-order valence-corrected chi connectivity index (χ0v) is 18.8. The number of carbonyl (C=O) groups is 3. The van der Waals surface area contributed by atoms with Crippen molar-refractivity contribution in [2.45, 2.75) is 27.3 Å². The van der Waals surface area contributed by atoms with Gasteiger partial charge < -0.3 is 20.1 Å². The molecule has 0 unspecified atom stereocenters. The van der Waals surface area contributed by atoms with Crippen LogP contribution in [0.15, 0.2) is 66.7 Å². The predicted molar refractivity (Wildman–Crippen MR) is 125 cm³/mol. The Bertz CT molecular complexity index is 1170. The van der Waals surface area contributed by atoms with E-state index in [1.807, 2.05) is 44.2 Å². The lowest BCUT2D eigenvalue weighted by molar-refractivity contribution is -0.131. The molecule has 3 aromatic carbocycles. The Labute approximate surface area is 192 Å². The van der Waals surface area contributed by atoms with Crippen LogP contribution >= 0.6 is 0 Å². The maximum atomic E-state index is 12.7. The molecule has 2 N–H and O–H groups in total.